The van der Waals surface area contributed by atoms with Crippen molar-refractivity contribution in [3.05, 3.63) is 92.3 Å². The first-order valence-corrected chi connectivity index (χ1v) is 46.5. The third-order valence-electron chi connectivity index (χ3n) is 14.9. The van der Waals surface area contributed by atoms with Crippen molar-refractivity contribution in [2.24, 2.45) is 22.9 Å². The predicted octanol–water partition coefficient (Wildman–Crippen LogP) is 5.14. The molecule has 4 rings (SSSR count). The van der Waals surface area contributed by atoms with Crippen molar-refractivity contribution in [3.63, 3.8) is 0 Å². The van der Waals surface area contributed by atoms with Crippen LogP contribution in [0.25, 0.3) is 0 Å². The van der Waals surface area contributed by atoms with Gasteiger partial charge >= 0.3 is 0 Å². The smallest absolute Gasteiger partial charge is 0.250 e. The van der Waals surface area contributed by atoms with Gasteiger partial charge in [0.05, 0.1) is 167 Å². The van der Waals surface area contributed by atoms with Crippen LogP contribution in [-0.4, -0.2) is 250 Å². The fourth-order valence-electron chi connectivity index (χ4n) is 9.28. The minimum absolute atomic E-state index is 0. The van der Waals surface area contributed by atoms with E-state index < -0.39 is 179 Å². The Balaban J connectivity index is 0. The average molecular weight is 3120 g/mol. The predicted molar refractivity (Wildman–Crippen MR) is 526 cm³/mol. The zero-order valence-corrected chi connectivity index (χ0v) is 88.2. The van der Waals surface area contributed by atoms with Crippen molar-refractivity contribution < 1.29 is 148 Å². The van der Waals surface area contributed by atoms with Crippen molar-refractivity contribution >= 4 is 398 Å². The van der Waals surface area contributed by atoms with Gasteiger partial charge in [0.15, 0.2) is 23.1 Å². The maximum atomic E-state index is 14.4. The average Bonchev–Trinajstić information content (AvgIpc) is 0.765. The maximum Gasteiger partial charge on any atom is 0.250 e. The first-order chi connectivity index (χ1) is 52.3. The number of rotatable bonds is 40. The molecular formula is C65H77ClI13N8O26V-. The van der Waals surface area contributed by atoms with E-state index in [1.54, 1.807) is 226 Å². The number of benzene rings is 4. The van der Waals surface area contributed by atoms with Crippen LogP contribution in [0, 0.1) is 47.8 Å². The molecule has 0 saturated carbocycles. The molecule has 7 atom stereocenters. The molecule has 1 radical (unpaired) electrons. The van der Waals surface area contributed by atoms with Gasteiger partial charge < -0.3 is 137 Å². The standard InChI is InChI=1S/C33H38I6N4O14.C27H26I6N4O10.C3H7ClO2.CH2I.CH4.V/c34-24-20(16(52)3-1-12(48)8-44)26(36)30(28(38)22(24)32(40)56)42(6-14(50)10-46)18(54)5-19(55)43(7-15(51)11-47)31-27(37)21(17(53)4-2-13(49)9-45)25(35)23(29(31)39)33(41)57;28-18-14(10(42)3-1-8(40)6-38)20(30)24(22(32)16(18)26(34)46)36-12(44)5-13(45)37-25-21(31)15(11(43)4-2-9(41)7-39)19(29)17(23(25)33)27(35)47;4-1-3(6)2-5;1-2;;/h12-15,44-51H,1-11H2,(H2,40,56)(H2,41,57);8-9,38-41H,1-7H2,(H2,34,46)(H2,35,47)(H,36,44)(H,37,45);3,5-6H,1-2H2;1H2;1H4;/q;;;-1;;. The summed E-state index contributed by atoms with van der Waals surface area (Å²) in [6.07, 6.45) is -11.9. The number of Topliss-reactive ketones (excluding diaryl/α,β-unsaturated/α-hetero) is 4. The molecule has 0 spiro atoms. The second-order valence-electron chi connectivity index (χ2n) is 23.0. The zero-order chi connectivity index (χ0) is 86.5. The molecule has 49 heteroatoms. The van der Waals surface area contributed by atoms with E-state index >= 15 is 0 Å². The van der Waals surface area contributed by atoms with Gasteiger partial charge in [-0.2, -0.15) is 0 Å². The van der Waals surface area contributed by atoms with E-state index in [4.69, 9.17) is 55.0 Å². The number of carbonyl (C=O) groups excluding carboxylic acids is 12. The molecule has 0 bridgehead atoms. The van der Waals surface area contributed by atoms with Crippen LogP contribution in [0.2, 0.25) is 0 Å². The summed E-state index contributed by atoms with van der Waals surface area (Å²) in [7, 11) is 0. The van der Waals surface area contributed by atoms with Gasteiger partial charge in [-0.3, -0.25) is 62.5 Å². The van der Waals surface area contributed by atoms with Gasteiger partial charge in [0.1, 0.15) is 12.8 Å². The number of aliphatic hydroxyl groups is 14. The molecule has 0 aliphatic rings. The molecule has 8 amide bonds. The Morgan fingerprint density at radius 3 is 0.737 bits per heavy atom. The second kappa shape index (κ2) is 58.4. The third kappa shape index (κ3) is 33.8. The molecule has 4 aromatic rings. The third-order valence-corrected chi connectivity index (χ3v) is 28.1. The van der Waals surface area contributed by atoms with Crippen LogP contribution in [-0.2, 0) is 37.7 Å². The Labute approximate surface area is 847 Å². The number of nitrogens with two attached hydrogens (primary N) is 4. The number of alkyl halides is 1. The molecule has 0 aliphatic heterocycles. The number of hydrogen-bond acceptors (Lipinski definition) is 26. The maximum absolute atomic E-state index is 14.4. The van der Waals surface area contributed by atoms with Crippen LogP contribution < -0.4 is 43.4 Å². The summed E-state index contributed by atoms with van der Waals surface area (Å²) < 4.78 is 1.94. The summed E-state index contributed by atoms with van der Waals surface area (Å²) in [5.74, 6) is -9.53. The number of anilines is 4. The number of hydrogen-bond donors (Lipinski definition) is 20. The Hall–Kier alpha value is 1.12. The zero-order valence-electron chi connectivity index (χ0n) is 58.0. The second-order valence-corrected chi connectivity index (χ2v) is 36.2. The van der Waals surface area contributed by atoms with Crippen molar-refractivity contribution in [1.29, 1.82) is 0 Å². The first kappa shape index (κ1) is 117. The fraction of sp³-hybridized carbons (Fsp3) is 0.431. The summed E-state index contributed by atoms with van der Waals surface area (Å²) in [4.78, 5) is 164. The minimum atomic E-state index is -1.62. The molecule has 0 fully saturated rings. The number of primary amides is 4. The molecule has 34 nitrogen and oxygen atoms in total. The summed E-state index contributed by atoms with van der Waals surface area (Å²) >= 11 is 28.2. The van der Waals surface area contributed by atoms with Gasteiger partial charge in [-0.05, 0) is 297 Å². The molecule has 4 aromatic carbocycles. The van der Waals surface area contributed by atoms with Crippen LogP contribution in [0.3, 0.4) is 0 Å². The van der Waals surface area contributed by atoms with E-state index in [0.717, 1.165) is 9.80 Å². The SMILES string of the molecule is C.NC(=O)c1c(I)c(C(=O)CCC(O)CO)c(I)c(N(CC(O)CO)C(=O)CC(=O)N(CC(O)CO)c2c(I)c(C(N)=O)c(I)c(C(=O)CCC(O)CO)c2I)c1I.NC(=O)c1c(I)c(NC(=O)CC(=O)Nc2c(I)c(C(N)=O)c(I)c(C(=O)CCC(O)CO)c2I)c(I)c(C(=O)CCC(O)CO)c1I.OCC(O)CCl.[CH2-]I.[V]. The van der Waals surface area contributed by atoms with Gasteiger partial charge in [0, 0.05) is 95.1 Å². The fourth-order valence-corrected chi connectivity index (χ4v) is 28.3. The number of carbonyl (C=O) groups is 12. The normalized spacial score (nSPS) is 12.6. The van der Waals surface area contributed by atoms with Gasteiger partial charge in [0.2, 0.25) is 23.6 Å². The number of ketones is 4. The van der Waals surface area contributed by atoms with Gasteiger partial charge in [0.25, 0.3) is 23.6 Å². The molecule has 0 aromatic heterocycles. The van der Waals surface area contributed by atoms with Crippen LogP contribution >= 0.6 is 305 Å². The van der Waals surface area contributed by atoms with Gasteiger partial charge in [-0.15, -0.1) is 11.6 Å². The molecule has 637 valence electrons. The summed E-state index contributed by atoms with van der Waals surface area (Å²) in [5, 5.41) is 138. The van der Waals surface area contributed by atoms with E-state index in [2.05, 4.69) is 15.6 Å². The number of aliphatic hydroxyl groups excluding tert-OH is 14. The van der Waals surface area contributed by atoms with Gasteiger partial charge in [-0.25, -0.2) is 0 Å². The molecule has 0 heterocycles. The largest absolute Gasteiger partial charge is 0.394 e. The summed E-state index contributed by atoms with van der Waals surface area (Å²) in [6.45, 7) is -5.64. The number of amides is 8. The quantitative estimate of drug-likeness (QED) is 0.00900. The monoisotopic (exact) mass is 3120 g/mol. The van der Waals surface area contributed by atoms with Crippen LogP contribution in [0.15, 0.2) is 0 Å². The van der Waals surface area contributed by atoms with Crippen LogP contribution in [0.4, 0.5) is 22.7 Å². The van der Waals surface area contributed by atoms with E-state index in [-0.39, 0.29) is 200 Å². The Morgan fingerprint density at radius 2 is 0.535 bits per heavy atom. The van der Waals surface area contributed by atoms with Crippen molar-refractivity contribution in [1.82, 2.24) is 0 Å². The van der Waals surface area contributed by atoms with Crippen LogP contribution in [0.1, 0.15) is 154 Å². The minimum Gasteiger partial charge on any atom is -0.394 e. The number of nitrogens with one attached hydrogen (secondary N) is 2. The van der Waals surface area contributed by atoms with Crippen molar-refractivity contribution in [3.8, 4) is 0 Å². The van der Waals surface area contributed by atoms with Crippen molar-refractivity contribution in [2.75, 3.05) is 85.7 Å². The summed E-state index contributed by atoms with van der Waals surface area (Å²) in [6, 6.07) is 0. The van der Waals surface area contributed by atoms with E-state index in [9.17, 15) is 109 Å². The molecule has 0 aliphatic carbocycles. The van der Waals surface area contributed by atoms with Crippen LogP contribution in [0.5, 0.6) is 0 Å². The van der Waals surface area contributed by atoms with Crippen molar-refractivity contribution in [2.45, 2.75) is 114 Å². The molecule has 7 unspecified atom stereocenters. The van der Waals surface area contributed by atoms with E-state index in [1.807, 2.05) is 67.8 Å². The Bertz CT molecular complexity index is 3900. The Morgan fingerprint density at radius 1 is 0.333 bits per heavy atom. The van der Waals surface area contributed by atoms with E-state index in [0.29, 0.717) is 0 Å². The van der Waals surface area contributed by atoms with E-state index in [1.165, 1.54) is 0 Å². The van der Waals surface area contributed by atoms with Gasteiger partial charge in [-0.1, -0.05) is 7.43 Å². The number of halogens is 14. The summed E-state index contributed by atoms with van der Waals surface area (Å²) in [5.41, 5.74) is 22.1. The number of nitrogens with zero attached hydrogens (tertiary/aromatic N) is 2. The topological polar surface area (TPSA) is 623 Å². The molecular weight excluding hydrogens is 3040 g/mol. The first-order valence-electron chi connectivity index (χ1n) is 31.5. The molecule has 24 N–H and O–H groups in total. The Kier molecular flexibility index (Phi) is 60.0. The molecule has 0 saturated heterocycles. The molecule has 114 heavy (non-hydrogen) atoms.